The van der Waals surface area contributed by atoms with Gasteiger partial charge in [0.1, 0.15) is 5.82 Å². The van der Waals surface area contributed by atoms with Gasteiger partial charge in [-0.1, -0.05) is 97.1 Å². The number of hydrogen-bond acceptors (Lipinski definition) is 3. The number of rotatable bonds is 5. The highest BCUT2D eigenvalue weighted by Gasteiger charge is 2.17. The fourth-order valence-corrected chi connectivity index (χ4v) is 6.29. The fraction of sp³-hybridized carbons (Fsp3) is 0. The van der Waals surface area contributed by atoms with E-state index in [1.165, 1.54) is 11.1 Å². The van der Waals surface area contributed by atoms with E-state index in [4.69, 9.17) is 4.98 Å². The van der Waals surface area contributed by atoms with Crippen molar-refractivity contribution in [3.63, 3.8) is 0 Å². The predicted octanol–water partition coefficient (Wildman–Crippen LogP) is 10.6. The standard InChI is InChI=1S/C43H26N4/c44-27-29-11-15-33(16-12-29)37-25-40(34-17-13-30(28-45)14-18-34)46-43(26-37)47-41-21-19-35(31-7-3-1-4-8-31)23-38(41)39-24-36(20-22-42(39)47)32-9-5-2-6-10-32/h1-26H. The maximum Gasteiger partial charge on any atom is 0.138 e. The monoisotopic (exact) mass is 598 g/mol. The van der Waals surface area contributed by atoms with E-state index in [-0.39, 0.29) is 0 Å². The van der Waals surface area contributed by atoms with Crippen molar-refractivity contribution in [1.29, 1.82) is 10.5 Å². The molecule has 0 saturated heterocycles. The minimum atomic E-state index is 0.600. The first-order valence-electron chi connectivity index (χ1n) is 15.4. The summed E-state index contributed by atoms with van der Waals surface area (Å²) < 4.78 is 2.24. The number of pyridine rings is 1. The summed E-state index contributed by atoms with van der Waals surface area (Å²) in [4.78, 5) is 5.25. The van der Waals surface area contributed by atoms with E-state index in [9.17, 15) is 10.5 Å². The maximum absolute atomic E-state index is 9.40. The minimum Gasteiger partial charge on any atom is -0.294 e. The zero-order valence-corrected chi connectivity index (χ0v) is 25.3. The third-order valence-corrected chi connectivity index (χ3v) is 8.68. The Balaban J connectivity index is 1.40. The summed E-state index contributed by atoms with van der Waals surface area (Å²) in [6.45, 7) is 0. The van der Waals surface area contributed by atoms with Crippen molar-refractivity contribution >= 4 is 21.8 Å². The van der Waals surface area contributed by atoms with E-state index in [1.807, 2.05) is 60.7 Å². The Kier molecular flexibility index (Phi) is 6.88. The highest BCUT2D eigenvalue weighted by molar-refractivity contribution is 6.11. The average Bonchev–Trinajstić information content (AvgIpc) is 3.48. The first-order valence-corrected chi connectivity index (χ1v) is 15.4. The Morgan fingerprint density at radius 1 is 0.404 bits per heavy atom. The molecule has 218 valence electrons. The molecule has 8 rings (SSSR count). The molecule has 6 aromatic carbocycles. The first-order chi connectivity index (χ1) is 23.2. The lowest BCUT2D eigenvalue weighted by Crippen LogP contribution is -2.00. The Morgan fingerprint density at radius 3 is 1.34 bits per heavy atom. The van der Waals surface area contributed by atoms with Gasteiger partial charge >= 0.3 is 0 Å². The lowest BCUT2D eigenvalue weighted by molar-refractivity contribution is 1.08. The molecule has 0 unspecified atom stereocenters. The van der Waals surface area contributed by atoms with Gasteiger partial charge in [0.2, 0.25) is 0 Å². The number of aromatic nitrogens is 2. The van der Waals surface area contributed by atoms with E-state index in [2.05, 4.69) is 114 Å². The van der Waals surface area contributed by atoms with E-state index in [1.54, 1.807) is 0 Å². The van der Waals surface area contributed by atoms with Crippen LogP contribution in [0.25, 0.3) is 72.3 Å². The molecule has 4 nitrogen and oxygen atoms in total. The number of benzene rings is 6. The second-order valence-corrected chi connectivity index (χ2v) is 11.5. The summed E-state index contributed by atoms with van der Waals surface area (Å²) in [5.41, 5.74) is 11.6. The first kappa shape index (κ1) is 27.8. The second kappa shape index (κ2) is 11.6. The van der Waals surface area contributed by atoms with Crippen molar-refractivity contribution in [2.45, 2.75) is 0 Å². The van der Waals surface area contributed by atoms with Crippen LogP contribution in [0.4, 0.5) is 0 Å². The third-order valence-electron chi connectivity index (χ3n) is 8.68. The number of nitrogens with zero attached hydrogens (tertiary/aromatic N) is 4. The molecule has 0 bridgehead atoms. The van der Waals surface area contributed by atoms with Gasteiger partial charge in [-0.05, 0) is 94.0 Å². The number of hydrogen-bond donors (Lipinski definition) is 0. The predicted molar refractivity (Wildman–Crippen MR) is 190 cm³/mol. The Labute approximate surface area is 272 Å². The maximum atomic E-state index is 9.40. The Hall–Kier alpha value is -6.75. The summed E-state index contributed by atoms with van der Waals surface area (Å²) in [5.74, 6) is 0.783. The van der Waals surface area contributed by atoms with Crippen molar-refractivity contribution in [3.05, 3.63) is 169 Å². The van der Waals surface area contributed by atoms with Crippen LogP contribution in [-0.4, -0.2) is 9.55 Å². The van der Waals surface area contributed by atoms with E-state index in [0.717, 1.165) is 61.1 Å². The molecule has 0 N–H and O–H groups in total. The van der Waals surface area contributed by atoms with Crippen LogP contribution in [0.3, 0.4) is 0 Å². The molecule has 0 saturated carbocycles. The normalized spacial score (nSPS) is 10.9. The minimum absolute atomic E-state index is 0.600. The van der Waals surface area contributed by atoms with Crippen molar-refractivity contribution in [1.82, 2.24) is 9.55 Å². The van der Waals surface area contributed by atoms with Crippen molar-refractivity contribution in [2.24, 2.45) is 0 Å². The molecule has 2 aromatic heterocycles. The summed E-state index contributed by atoms with van der Waals surface area (Å²) in [6.07, 6.45) is 0. The fourth-order valence-electron chi connectivity index (χ4n) is 6.29. The van der Waals surface area contributed by atoms with Gasteiger partial charge in [0, 0.05) is 16.3 Å². The SMILES string of the molecule is N#Cc1ccc(-c2cc(-c3ccc(C#N)cc3)nc(-n3c4ccc(-c5ccccc5)cc4c4cc(-c5ccccc5)ccc43)c2)cc1. The Morgan fingerprint density at radius 2 is 0.851 bits per heavy atom. The van der Waals surface area contributed by atoms with Crippen LogP contribution >= 0.6 is 0 Å². The van der Waals surface area contributed by atoms with Crippen LogP contribution in [0.5, 0.6) is 0 Å². The molecule has 0 aliphatic heterocycles. The van der Waals surface area contributed by atoms with Crippen LogP contribution in [0, 0.1) is 22.7 Å². The van der Waals surface area contributed by atoms with Gasteiger partial charge in [0.15, 0.2) is 0 Å². The number of fused-ring (bicyclic) bond motifs is 3. The molecule has 0 aliphatic rings. The lowest BCUT2D eigenvalue weighted by Gasteiger charge is -2.13. The van der Waals surface area contributed by atoms with Crippen molar-refractivity contribution in [3.8, 4) is 62.6 Å². The Bertz CT molecular complexity index is 2320. The summed E-state index contributed by atoms with van der Waals surface area (Å²) in [5, 5.41) is 21.1. The van der Waals surface area contributed by atoms with Gasteiger partial charge in [-0.25, -0.2) is 4.98 Å². The van der Waals surface area contributed by atoms with E-state index >= 15 is 0 Å². The molecular formula is C43H26N4. The molecule has 0 fully saturated rings. The number of nitriles is 2. The molecule has 47 heavy (non-hydrogen) atoms. The van der Waals surface area contributed by atoms with Crippen LogP contribution < -0.4 is 0 Å². The van der Waals surface area contributed by atoms with Gasteiger partial charge in [-0.2, -0.15) is 10.5 Å². The summed E-state index contributed by atoms with van der Waals surface area (Å²) in [7, 11) is 0. The smallest absolute Gasteiger partial charge is 0.138 e. The second-order valence-electron chi connectivity index (χ2n) is 11.5. The third kappa shape index (κ3) is 5.11. The van der Waals surface area contributed by atoms with Crippen molar-refractivity contribution in [2.75, 3.05) is 0 Å². The van der Waals surface area contributed by atoms with E-state index in [0.29, 0.717) is 11.1 Å². The van der Waals surface area contributed by atoms with Gasteiger partial charge in [0.25, 0.3) is 0 Å². The summed E-state index contributed by atoms with van der Waals surface area (Å²) >= 11 is 0. The molecule has 2 heterocycles. The van der Waals surface area contributed by atoms with Crippen LogP contribution in [0.1, 0.15) is 11.1 Å². The lowest BCUT2D eigenvalue weighted by atomic mass is 10.0. The highest BCUT2D eigenvalue weighted by Crippen LogP contribution is 2.38. The largest absolute Gasteiger partial charge is 0.294 e. The van der Waals surface area contributed by atoms with Gasteiger partial charge in [-0.3, -0.25) is 4.57 Å². The topological polar surface area (TPSA) is 65.4 Å². The van der Waals surface area contributed by atoms with Gasteiger partial charge in [0.05, 0.1) is 40.0 Å². The molecule has 0 spiro atoms. The molecule has 0 amide bonds. The molecule has 0 aliphatic carbocycles. The highest BCUT2D eigenvalue weighted by atomic mass is 15.1. The molecular weight excluding hydrogens is 573 g/mol. The van der Waals surface area contributed by atoms with Crippen molar-refractivity contribution < 1.29 is 0 Å². The molecule has 0 radical (unpaired) electrons. The zero-order chi connectivity index (χ0) is 31.7. The van der Waals surface area contributed by atoms with Crippen LogP contribution in [0.15, 0.2) is 158 Å². The molecule has 0 atom stereocenters. The van der Waals surface area contributed by atoms with Crippen LogP contribution in [0.2, 0.25) is 0 Å². The quantitative estimate of drug-likeness (QED) is 0.198. The molecule has 8 aromatic rings. The summed E-state index contributed by atoms with van der Waals surface area (Å²) in [6, 6.07) is 58.0. The van der Waals surface area contributed by atoms with Gasteiger partial charge in [-0.15, -0.1) is 0 Å². The zero-order valence-electron chi connectivity index (χ0n) is 25.3. The average molecular weight is 599 g/mol. The van der Waals surface area contributed by atoms with Crippen LogP contribution in [-0.2, 0) is 0 Å². The molecule has 4 heteroatoms. The van der Waals surface area contributed by atoms with Gasteiger partial charge < -0.3 is 0 Å². The van der Waals surface area contributed by atoms with E-state index < -0.39 is 0 Å².